The lowest BCUT2D eigenvalue weighted by atomic mass is 10.1. The highest BCUT2D eigenvalue weighted by molar-refractivity contribution is 5.84. The van der Waals surface area contributed by atoms with Crippen molar-refractivity contribution >= 4 is 23.8 Å². The lowest BCUT2D eigenvalue weighted by molar-refractivity contribution is 0.304. The highest BCUT2D eigenvalue weighted by Gasteiger charge is 1.99. The monoisotopic (exact) mass is 652 g/mol. The van der Waals surface area contributed by atoms with Gasteiger partial charge < -0.3 is 9.47 Å². The number of unbranched alkanes of at least 4 members (excludes halogenated alkanes) is 18. The van der Waals surface area contributed by atoms with E-state index in [0.717, 1.165) is 60.1 Å². The molecule has 4 heteroatoms. The average Bonchev–Trinajstić information content (AvgIpc) is 3.12. The smallest absolute Gasteiger partial charge is 0.119 e. The molecule has 0 unspecified atom stereocenters. The zero-order valence-corrected chi connectivity index (χ0v) is 30.4. The van der Waals surface area contributed by atoms with Crippen LogP contribution in [-0.2, 0) is 0 Å². The maximum absolute atomic E-state index is 5.96. The Morgan fingerprint density at radius 2 is 0.750 bits per heavy atom. The second-order valence-electron chi connectivity index (χ2n) is 13.2. The van der Waals surface area contributed by atoms with Crippen LogP contribution in [0, 0.1) is 0 Å². The molecule has 262 valence electrons. The van der Waals surface area contributed by atoms with E-state index in [1.807, 2.05) is 61.0 Å². The van der Waals surface area contributed by atoms with Crippen molar-refractivity contribution < 1.29 is 9.47 Å². The van der Waals surface area contributed by atoms with Gasteiger partial charge in [-0.2, -0.15) is 0 Å². The van der Waals surface area contributed by atoms with Crippen molar-refractivity contribution in [2.45, 2.75) is 142 Å². The van der Waals surface area contributed by atoms with Crippen LogP contribution in [0.25, 0.3) is 0 Å². The quantitative estimate of drug-likeness (QED) is 0.0578. The van der Waals surface area contributed by atoms with Gasteiger partial charge in [0.1, 0.15) is 11.5 Å². The average molecular weight is 653 g/mol. The molecule has 0 aliphatic heterocycles. The molecule has 0 N–H and O–H groups in total. The molecule has 3 rings (SSSR count). The molecule has 0 fully saturated rings. The summed E-state index contributed by atoms with van der Waals surface area (Å²) in [5.74, 6) is 1.85. The fourth-order valence-electron chi connectivity index (χ4n) is 5.81. The van der Waals surface area contributed by atoms with Crippen molar-refractivity contribution in [3.63, 3.8) is 0 Å². The molecule has 0 aliphatic carbocycles. The van der Waals surface area contributed by atoms with Gasteiger partial charge in [-0.25, -0.2) is 0 Å². The van der Waals surface area contributed by atoms with E-state index in [2.05, 4.69) is 48.1 Å². The Morgan fingerprint density at radius 1 is 0.417 bits per heavy atom. The molecule has 0 saturated carbocycles. The van der Waals surface area contributed by atoms with Gasteiger partial charge in [-0.1, -0.05) is 135 Å². The first-order chi connectivity index (χ1) is 23.8. The normalized spacial score (nSPS) is 11.5. The van der Waals surface area contributed by atoms with Crippen LogP contribution in [0.4, 0.5) is 11.4 Å². The third-order valence-corrected chi connectivity index (χ3v) is 8.85. The first kappa shape index (κ1) is 39.0. The minimum absolute atomic E-state index is 0.786. The van der Waals surface area contributed by atoms with Gasteiger partial charge in [0.05, 0.1) is 24.6 Å². The number of rotatable bonds is 28. The highest BCUT2D eigenvalue weighted by Crippen LogP contribution is 2.22. The van der Waals surface area contributed by atoms with E-state index in [4.69, 9.17) is 9.47 Å². The number of hydrogen-bond acceptors (Lipinski definition) is 4. The Bertz CT molecular complexity index is 1150. The van der Waals surface area contributed by atoms with Crippen molar-refractivity contribution in [2.75, 3.05) is 13.2 Å². The summed E-state index contributed by atoms with van der Waals surface area (Å²) in [5.41, 5.74) is 3.85. The van der Waals surface area contributed by atoms with E-state index in [9.17, 15) is 0 Å². The van der Waals surface area contributed by atoms with Gasteiger partial charge in [0.15, 0.2) is 0 Å². The highest BCUT2D eigenvalue weighted by atomic mass is 16.5. The summed E-state index contributed by atoms with van der Waals surface area (Å²) in [6, 6.07) is 24.4. The molecule has 0 heterocycles. The molecule has 3 aromatic rings. The van der Waals surface area contributed by atoms with Crippen molar-refractivity contribution in [2.24, 2.45) is 9.98 Å². The summed E-state index contributed by atoms with van der Waals surface area (Å²) in [5, 5.41) is 0. The van der Waals surface area contributed by atoms with Gasteiger partial charge in [0.2, 0.25) is 0 Å². The Labute approximate surface area is 293 Å². The molecule has 3 aromatic carbocycles. The molecule has 0 atom stereocenters. The van der Waals surface area contributed by atoms with E-state index in [-0.39, 0.29) is 0 Å². The van der Waals surface area contributed by atoms with E-state index >= 15 is 0 Å². The topological polar surface area (TPSA) is 43.2 Å². The number of nitrogens with zero attached hydrogens (tertiary/aromatic N) is 2. The van der Waals surface area contributed by atoms with Crippen LogP contribution in [0.15, 0.2) is 82.8 Å². The maximum Gasteiger partial charge on any atom is 0.119 e. The summed E-state index contributed by atoms with van der Waals surface area (Å²) in [4.78, 5) is 9.36. The Morgan fingerprint density at radius 3 is 1.10 bits per heavy atom. The molecule has 0 aliphatic rings. The van der Waals surface area contributed by atoms with E-state index in [1.54, 1.807) is 0 Å². The fourth-order valence-corrected chi connectivity index (χ4v) is 5.81. The molecule has 0 bridgehead atoms. The van der Waals surface area contributed by atoms with Crippen molar-refractivity contribution in [3.8, 4) is 11.5 Å². The largest absolute Gasteiger partial charge is 0.494 e. The zero-order chi connectivity index (χ0) is 33.7. The van der Waals surface area contributed by atoms with Crippen molar-refractivity contribution in [3.05, 3.63) is 83.9 Å². The molecule has 0 radical (unpaired) electrons. The van der Waals surface area contributed by atoms with Crippen LogP contribution in [-0.4, -0.2) is 25.6 Å². The van der Waals surface area contributed by atoms with Gasteiger partial charge in [-0.05, 0) is 90.7 Å². The minimum Gasteiger partial charge on any atom is -0.494 e. The molecule has 0 spiro atoms. The number of aliphatic imine (C=N–C) groups is 2. The SMILES string of the molecule is CCCCCCCCCCCCOc1ccc(C=Nc2cccc(N=Cc3ccc(OCCCCCCCCCCCC)cc3)c2)cc1. The van der Waals surface area contributed by atoms with Gasteiger partial charge in [0, 0.05) is 12.4 Å². The standard InChI is InChI=1S/C44H64N2O2/c1-3-5-7-9-11-13-15-17-19-21-34-47-43-30-26-39(27-31-43)37-45-41-24-23-25-42(36-41)46-38-40-28-32-44(33-29-40)48-35-22-20-18-16-14-12-10-8-6-4-2/h23-33,36-38H,3-22,34-35H2,1-2H3. The van der Waals surface area contributed by atoms with Crippen LogP contribution in [0.1, 0.15) is 153 Å². The lowest BCUT2D eigenvalue weighted by Crippen LogP contribution is -1.97. The number of hydrogen-bond donors (Lipinski definition) is 0. The summed E-state index contributed by atoms with van der Waals surface area (Å²) < 4.78 is 11.9. The van der Waals surface area contributed by atoms with Crippen LogP contribution in [0.5, 0.6) is 11.5 Å². The van der Waals surface area contributed by atoms with Crippen LogP contribution >= 0.6 is 0 Å². The second-order valence-corrected chi connectivity index (χ2v) is 13.2. The molecule has 48 heavy (non-hydrogen) atoms. The van der Waals surface area contributed by atoms with E-state index in [1.165, 1.54) is 116 Å². The minimum atomic E-state index is 0.786. The molecule has 4 nitrogen and oxygen atoms in total. The Balaban J connectivity index is 1.29. The Kier molecular flexibility index (Phi) is 21.6. The second kappa shape index (κ2) is 26.5. The fraction of sp³-hybridized carbons (Fsp3) is 0.545. The van der Waals surface area contributed by atoms with Crippen molar-refractivity contribution in [1.29, 1.82) is 0 Å². The third kappa shape index (κ3) is 18.8. The van der Waals surface area contributed by atoms with Gasteiger partial charge in [0.25, 0.3) is 0 Å². The summed E-state index contributed by atoms with van der Waals surface area (Å²) in [7, 11) is 0. The van der Waals surface area contributed by atoms with Crippen LogP contribution in [0.3, 0.4) is 0 Å². The summed E-state index contributed by atoms with van der Waals surface area (Å²) in [6.07, 6.45) is 30.5. The molecule has 0 aromatic heterocycles. The van der Waals surface area contributed by atoms with E-state index in [0.29, 0.717) is 0 Å². The Hall–Kier alpha value is -3.40. The van der Waals surface area contributed by atoms with Gasteiger partial charge in [-0.3, -0.25) is 9.98 Å². The van der Waals surface area contributed by atoms with Gasteiger partial charge >= 0.3 is 0 Å². The molecular weight excluding hydrogens is 588 g/mol. The van der Waals surface area contributed by atoms with Crippen LogP contribution < -0.4 is 9.47 Å². The molecular formula is C44H64N2O2. The zero-order valence-electron chi connectivity index (χ0n) is 30.4. The molecule has 0 saturated heterocycles. The number of benzene rings is 3. The first-order valence-electron chi connectivity index (χ1n) is 19.4. The van der Waals surface area contributed by atoms with Crippen LogP contribution in [0.2, 0.25) is 0 Å². The predicted molar refractivity (Wildman–Crippen MR) is 209 cm³/mol. The predicted octanol–water partition coefficient (Wildman–Crippen LogP) is 13.8. The number of ether oxygens (including phenoxy) is 2. The van der Waals surface area contributed by atoms with Crippen molar-refractivity contribution in [1.82, 2.24) is 0 Å². The molecule has 0 amide bonds. The summed E-state index contributed by atoms with van der Waals surface area (Å²) >= 11 is 0. The van der Waals surface area contributed by atoms with E-state index < -0.39 is 0 Å². The maximum atomic E-state index is 5.96. The lowest BCUT2D eigenvalue weighted by Gasteiger charge is -2.06. The van der Waals surface area contributed by atoms with Gasteiger partial charge in [-0.15, -0.1) is 0 Å². The third-order valence-electron chi connectivity index (χ3n) is 8.85. The first-order valence-corrected chi connectivity index (χ1v) is 19.4. The summed E-state index contributed by atoms with van der Waals surface area (Å²) in [6.45, 7) is 6.13.